The fourth-order valence-corrected chi connectivity index (χ4v) is 2.69. The topological polar surface area (TPSA) is 53.2 Å². The van der Waals surface area contributed by atoms with Crippen LogP contribution in [0.4, 0.5) is 10.1 Å². The van der Waals surface area contributed by atoms with E-state index in [2.05, 4.69) is 16.2 Å². The molecule has 0 radical (unpaired) electrons. The van der Waals surface area contributed by atoms with Gasteiger partial charge in [0.2, 0.25) is 5.91 Å². The number of benzene rings is 2. The summed E-state index contributed by atoms with van der Waals surface area (Å²) in [5.41, 5.74) is 10.2. The van der Waals surface area contributed by atoms with Gasteiger partial charge in [0.15, 0.2) is 0 Å². The van der Waals surface area contributed by atoms with E-state index in [1.165, 1.54) is 17.7 Å². The number of carbonyl (C=O) groups is 1. The second kappa shape index (κ2) is 6.48. The Labute approximate surface area is 135 Å². The van der Waals surface area contributed by atoms with Gasteiger partial charge in [0.25, 0.3) is 0 Å². The zero-order valence-corrected chi connectivity index (χ0v) is 13.2. The number of hydrogen-bond donors (Lipinski definition) is 3. The van der Waals surface area contributed by atoms with Crippen molar-refractivity contribution in [3.05, 3.63) is 65.0 Å². The number of rotatable bonds is 3. The quantitative estimate of drug-likeness (QED) is 0.816. The highest BCUT2D eigenvalue weighted by Gasteiger charge is 2.30. The number of anilines is 1. The highest BCUT2D eigenvalue weighted by Crippen LogP contribution is 2.23. The zero-order valence-electron chi connectivity index (χ0n) is 13.2. The van der Waals surface area contributed by atoms with Crippen LogP contribution in [0.15, 0.2) is 42.5 Å². The summed E-state index contributed by atoms with van der Waals surface area (Å²) in [5, 5.41) is 2.93. The van der Waals surface area contributed by atoms with Gasteiger partial charge in [-0.3, -0.25) is 4.79 Å². The Hall–Kier alpha value is -2.24. The molecule has 1 saturated heterocycles. The van der Waals surface area contributed by atoms with Crippen LogP contribution in [0.25, 0.3) is 0 Å². The molecule has 1 amide bonds. The van der Waals surface area contributed by atoms with Crippen LogP contribution in [-0.2, 0) is 4.79 Å². The lowest BCUT2D eigenvalue weighted by Crippen LogP contribution is -2.39. The molecule has 5 heteroatoms. The lowest BCUT2D eigenvalue weighted by molar-refractivity contribution is -0.117. The molecule has 23 heavy (non-hydrogen) atoms. The molecule has 0 bridgehead atoms. The summed E-state index contributed by atoms with van der Waals surface area (Å²) in [6.45, 7) is 4.06. The highest BCUT2D eigenvalue weighted by atomic mass is 19.1. The van der Waals surface area contributed by atoms with Gasteiger partial charge in [0.05, 0.1) is 0 Å². The van der Waals surface area contributed by atoms with Crippen LogP contribution in [0, 0.1) is 19.7 Å². The van der Waals surface area contributed by atoms with Crippen LogP contribution >= 0.6 is 0 Å². The number of aryl methyl sites for hydroxylation is 2. The predicted octanol–water partition coefficient (Wildman–Crippen LogP) is 2.99. The fourth-order valence-electron chi connectivity index (χ4n) is 2.69. The van der Waals surface area contributed by atoms with Crippen LogP contribution in [0.2, 0.25) is 0 Å². The van der Waals surface area contributed by atoms with Crippen molar-refractivity contribution in [2.75, 3.05) is 5.32 Å². The molecule has 4 nitrogen and oxygen atoms in total. The number of amides is 1. The molecule has 0 spiro atoms. The van der Waals surface area contributed by atoms with Gasteiger partial charge in [-0.25, -0.2) is 15.2 Å². The van der Waals surface area contributed by atoms with E-state index < -0.39 is 0 Å². The first kappa shape index (κ1) is 15.6. The summed E-state index contributed by atoms with van der Waals surface area (Å²) >= 11 is 0. The average molecular weight is 313 g/mol. The molecular weight excluding hydrogens is 293 g/mol. The van der Waals surface area contributed by atoms with Gasteiger partial charge in [-0.1, -0.05) is 18.2 Å². The summed E-state index contributed by atoms with van der Waals surface area (Å²) in [5.74, 6) is -0.339. The molecule has 1 fully saturated rings. The van der Waals surface area contributed by atoms with E-state index >= 15 is 0 Å². The normalized spacial score (nSPS) is 20.5. The number of carbonyl (C=O) groups excluding carboxylic acids is 1. The average Bonchev–Trinajstić information content (AvgIpc) is 3.02. The third-order valence-corrected chi connectivity index (χ3v) is 4.27. The molecule has 3 N–H and O–H groups in total. The number of hydrogen-bond acceptors (Lipinski definition) is 3. The van der Waals surface area contributed by atoms with Gasteiger partial charge in [-0.2, -0.15) is 0 Å². The smallest absolute Gasteiger partial charge is 0.242 e. The van der Waals surface area contributed by atoms with Crippen LogP contribution in [0.1, 0.15) is 29.2 Å². The maximum atomic E-state index is 13.0. The zero-order chi connectivity index (χ0) is 16.4. The van der Waals surface area contributed by atoms with Crippen LogP contribution < -0.4 is 16.2 Å². The van der Waals surface area contributed by atoms with Crippen LogP contribution in [0.3, 0.4) is 0 Å². The summed E-state index contributed by atoms with van der Waals surface area (Å²) < 4.78 is 13.0. The first-order valence-electron chi connectivity index (χ1n) is 7.67. The van der Waals surface area contributed by atoms with E-state index in [0.29, 0.717) is 6.42 Å². The minimum absolute atomic E-state index is 0.00824. The van der Waals surface area contributed by atoms with Crippen molar-refractivity contribution in [2.24, 2.45) is 0 Å². The predicted molar refractivity (Wildman–Crippen MR) is 88.4 cm³/mol. The second-order valence-electron chi connectivity index (χ2n) is 5.97. The molecule has 2 aromatic rings. The van der Waals surface area contributed by atoms with Crippen molar-refractivity contribution in [3.8, 4) is 0 Å². The standard InChI is InChI=1S/C18H20FN3O/c1-11-3-8-15(9-12(11)2)20-18(23)17-10-16(21-22-17)13-4-6-14(19)7-5-13/h3-9,16-17,21-22H,10H2,1-2H3,(H,20,23). The second-order valence-corrected chi connectivity index (χ2v) is 5.97. The number of halogens is 1. The Balaban J connectivity index is 1.63. The molecule has 120 valence electrons. The maximum absolute atomic E-state index is 13.0. The molecule has 0 aromatic heterocycles. The molecule has 3 rings (SSSR count). The number of hydrazine groups is 1. The lowest BCUT2D eigenvalue weighted by atomic mass is 10.0. The van der Waals surface area contributed by atoms with Gasteiger partial charge < -0.3 is 5.32 Å². The van der Waals surface area contributed by atoms with Crippen molar-refractivity contribution < 1.29 is 9.18 Å². The van der Waals surface area contributed by atoms with Gasteiger partial charge in [-0.05, 0) is 61.2 Å². The maximum Gasteiger partial charge on any atom is 0.242 e. The van der Waals surface area contributed by atoms with E-state index in [1.807, 2.05) is 32.0 Å². The van der Waals surface area contributed by atoms with E-state index in [0.717, 1.165) is 16.8 Å². The molecule has 2 atom stereocenters. The third kappa shape index (κ3) is 3.57. The molecule has 1 heterocycles. The van der Waals surface area contributed by atoms with Gasteiger partial charge >= 0.3 is 0 Å². The molecule has 1 aliphatic rings. The highest BCUT2D eigenvalue weighted by molar-refractivity contribution is 5.95. The van der Waals surface area contributed by atoms with Gasteiger partial charge in [0.1, 0.15) is 11.9 Å². The van der Waals surface area contributed by atoms with Gasteiger partial charge in [-0.15, -0.1) is 0 Å². The molecule has 0 aliphatic carbocycles. The summed E-state index contributed by atoms with van der Waals surface area (Å²) in [4.78, 5) is 12.4. The Morgan fingerprint density at radius 1 is 1.09 bits per heavy atom. The van der Waals surface area contributed by atoms with Crippen molar-refractivity contribution >= 4 is 11.6 Å². The summed E-state index contributed by atoms with van der Waals surface area (Å²) in [6.07, 6.45) is 0.613. The minimum atomic E-state index is -0.327. The lowest BCUT2D eigenvalue weighted by Gasteiger charge is -2.12. The van der Waals surface area contributed by atoms with E-state index in [9.17, 15) is 9.18 Å². The Morgan fingerprint density at radius 3 is 2.52 bits per heavy atom. The third-order valence-electron chi connectivity index (χ3n) is 4.27. The van der Waals surface area contributed by atoms with Crippen molar-refractivity contribution in [1.29, 1.82) is 0 Å². The van der Waals surface area contributed by atoms with Crippen LogP contribution in [-0.4, -0.2) is 11.9 Å². The van der Waals surface area contributed by atoms with Gasteiger partial charge in [0, 0.05) is 11.7 Å². The fraction of sp³-hybridized carbons (Fsp3) is 0.278. The van der Waals surface area contributed by atoms with Crippen molar-refractivity contribution in [2.45, 2.75) is 32.4 Å². The monoisotopic (exact) mass is 313 g/mol. The molecule has 1 aliphatic heterocycles. The van der Waals surface area contributed by atoms with Crippen molar-refractivity contribution in [3.63, 3.8) is 0 Å². The Morgan fingerprint density at radius 2 is 1.83 bits per heavy atom. The molecule has 2 unspecified atom stereocenters. The summed E-state index contributed by atoms with van der Waals surface area (Å²) in [6, 6.07) is 11.9. The minimum Gasteiger partial charge on any atom is -0.325 e. The summed E-state index contributed by atoms with van der Waals surface area (Å²) in [7, 11) is 0. The first-order chi connectivity index (χ1) is 11.0. The van der Waals surface area contributed by atoms with E-state index in [-0.39, 0.29) is 23.8 Å². The number of nitrogens with one attached hydrogen (secondary N) is 3. The SMILES string of the molecule is Cc1ccc(NC(=O)C2CC(c3ccc(F)cc3)NN2)cc1C. The van der Waals surface area contributed by atoms with Crippen LogP contribution in [0.5, 0.6) is 0 Å². The van der Waals surface area contributed by atoms with E-state index in [4.69, 9.17) is 0 Å². The molecule has 2 aromatic carbocycles. The largest absolute Gasteiger partial charge is 0.325 e. The van der Waals surface area contributed by atoms with E-state index in [1.54, 1.807) is 12.1 Å². The van der Waals surface area contributed by atoms with Crippen molar-refractivity contribution in [1.82, 2.24) is 10.9 Å². The Bertz CT molecular complexity index is 715. The Kier molecular flexibility index (Phi) is 4.41. The molecular formula is C18H20FN3O. The molecule has 0 saturated carbocycles. The first-order valence-corrected chi connectivity index (χ1v) is 7.67.